The van der Waals surface area contributed by atoms with Crippen LogP contribution in [0.4, 0.5) is 4.79 Å². The van der Waals surface area contributed by atoms with Gasteiger partial charge in [0.05, 0.1) is 12.6 Å². The Labute approximate surface area is 135 Å². The van der Waals surface area contributed by atoms with Crippen molar-refractivity contribution in [2.45, 2.75) is 25.6 Å². The Morgan fingerprint density at radius 1 is 1.50 bits per heavy atom. The molecule has 0 fully saturated rings. The summed E-state index contributed by atoms with van der Waals surface area (Å²) in [6, 6.07) is 4.00. The number of amides is 2. The molecular formula is C15H23N5OS. The number of urea groups is 1. The first kappa shape index (κ1) is 16.5. The van der Waals surface area contributed by atoms with Crippen LogP contribution in [-0.4, -0.2) is 47.4 Å². The summed E-state index contributed by atoms with van der Waals surface area (Å²) in [5.41, 5.74) is 1.22. The van der Waals surface area contributed by atoms with Crippen molar-refractivity contribution < 1.29 is 4.79 Å². The van der Waals surface area contributed by atoms with E-state index in [4.69, 9.17) is 0 Å². The third kappa shape index (κ3) is 4.85. The lowest BCUT2D eigenvalue weighted by Crippen LogP contribution is -2.45. The SMILES string of the molecule is C[C@@H](Cn1cccn1)NC(=O)NC[C@H](c1ccsc1)N(C)C. The second kappa shape index (κ2) is 7.95. The van der Waals surface area contributed by atoms with Crippen molar-refractivity contribution in [2.24, 2.45) is 0 Å². The molecule has 0 saturated carbocycles. The van der Waals surface area contributed by atoms with Gasteiger partial charge in [-0.1, -0.05) is 0 Å². The van der Waals surface area contributed by atoms with E-state index in [1.807, 2.05) is 33.3 Å². The number of hydrogen-bond acceptors (Lipinski definition) is 4. The molecule has 2 atom stereocenters. The lowest BCUT2D eigenvalue weighted by atomic mass is 10.1. The minimum atomic E-state index is -0.151. The number of hydrogen-bond donors (Lipinski definition) is 2. The van der Waals surface area contributed by atoms with E-state index in [0.717, 1.165) is 0 Å². The number of aromatic nitrogens is 2. The summed E-state index contributed by atoms with van der Waals surface area (Å²) in [5.74, 6) is 0. The molecule has 0 aromatic carbocycles. The average Bonchev–Trinajstić information content (AvgIpc) is 3.11. The molecule has 2 rings (SSSR count). The molecule has 2 N–H and O–H groups in total. The molecule has 2 amide bonds. The monoisotopic (exact) mass is 321 g/mol. The standard InChI is InChI=1S/C15H23N5OS/c1-12(10-20-7-4-6-17-20)18-15(21)16-9-14(19(2)3)13-5-8-22-11-13/h4-8,11-12,14H,9-10H2,1-3H3,(H2,16,18,21)/t12-,14+/m0/s1. The van der Waals surface area contributed by atoms with Crippen molar-refractivity contribution in [3.05, 3.63) is 40.8 Å². The molecule has 7 heteroatoms. The van der Waals surface area contributed by atoms with Gasteiger partial charge in [0.1, 0.15) is 0 Å². The summed E-state index contributed by atoms with van der Waals surface area (Å²) in [6.07, 6.45) is 3.62. The molecular weight excluding hydrogens is 298 g/mol. The Bertz CT molecular complexity index is 553. The first-order valence-electron chi connectivity index (χ1n) is 7.26. The molecule has 2 aromatic rings. The summed E-state index contributed by atoms with van der Waals surface area (Å²) in [4.78, 5) is 14.1. The first-order chi connectivity index (χ1) is 10.6. The number of rotatable bonds is 7. The fourth-order valence-corrected chi connectivity index (χ4v) is 2.97. The Balaban J connectivity index is 1.78. The fraction of sp³-hybridized carbons (Fsp3) is 0.467. The predicted octanol–water partition coefficient (Wildman–Crippen LogP) is 1.94. The topological polar surface area (TPSA) is 62.2 Å². The number of nitrogens with zero attached hydrogens (tertiary/aromatic N) is 3. The van der Waals surface area contributed by atoms with Gasteiger partial charge in [-0.05, 0) is 49.5 Å². The van der Waals surface area contributed by atoms with Crippen molar-refractivity contribution in [2.75, 3.05) is 20.6 Å². The van der Waals surface area contributed by atoms with Gasteiger partial charge in [0.15, 0.2) is 0 Å². The van der Waals surface area contributed by atoms with Crippen LogP contribution in [0, 0.1) is 0 Å². The molecule has 0 spiro atoms. The highest BCUT2D eigenvalue weighted by Gasteiger charge is 2.16. The molecule has 0 aliphatic rings. The lowest BCUT2D eigenvalue weighted by Gasteiger charge is -2.24. The quantitative estimate of drug-likeness (QED) is 0.819. The van der Waals surface area contributed by atoms with Crippen LogP contribution in [0.3, 0.4) is 0 Å². The van der Waals surface area contributed by atoms with Crippen LogP contribution in [0.1, 0.15) is 18.5 Å². The van der Waals surface area contributed by atoms with Gasteiger partial charge in [0.2, 0.25) is 0 Å². The highest BCUT2D eigenvalue weighted by atomic mass is 32.1. The van der Waals surface area contributed by atoms with Crippen molar-refractivity contribution in [1.29, 1.82) is 0 Å². The van der Waals surface area contributed by atoms with Crippen LogP contribution in [-0.2, 0) is 6.54 Å². The van der Waals surface area contributed by atoms with Gasteiger partial charge in [0, 0.05) is 25.0 Å². The van der Waals surface area contributed by atoms with E-state index < -0.39 is 0 Å². The van der Waals surface area contributed by atoms with E-state index in [1.54, 1.807) is 22.2 Å². The third-order valence-corrected chi connectivity index (χ3v) is 4.11. The van der Waals surface area contributed by atoms with E-state index in [0.29, 0.717) is 13.1 Å². The second-order valence-corrected chi connectivity index (χ2v) is 6.30. The largest absolute Gasteiger partial charge is 0.336 e. The van der Waals surface area contributed by atoms with Crippen molar-refractivity contribution >= 4 is 17.4 Å². The molecule has 0 aliphatic heterocycles. The van der Waals surface area contributed by atoms with Crippen LogP contribution in [0.5, 0.6) is 0 Å². The zero-order valence-electron chi connectivity index (χ0n) is 13.2. The maximum atomic E-state index is 12.0. The molecule has 0 bridgehead atoms. The lowest BCUT2D eigenvalue weighted by molar-refractivity contribution is 0.228. The van der Waals surface area contributed by atoms with Gasteiger partial charge >= 0.3 is 6.03 Å². The van der Waals surface area contributed by atoms with Crippen LogP contribution >= 0.6 is 11.3 Å². The van der Waals surface area contributed by atoms with E-state index in [9.17, 15) is 4.79 Å². The summed E-state index contributed by atoms with van der Waals surface area (Å²) >= 11 is 1.67. The Hall–Kier alpha value is -1.86. The van der Waals surface area contributed by atoms with Crippen LogP contribution in [0.15, 0.2) is 35.3 Å². The normalized spacial score (nSPS) is 13.8. The van der Waals surface area contributed by atoms with Gasteiger partial charge in [-0.2, -0.15) is 16.4 Å². The minimum absolute atomic E-state index is 0.0128. The van der Waals surface area contributed by atoms with E-state index in [1.165, 1.54) is 5.56 Å². The van der Waals surface area contributed by atoms with E-state index in [-0.39, 0.29) is 18.1 Å². The number of likely N-dealkylation sites (N-methyl/N-ethyl adjacent to an activating group) is 1. The molecule has 0 radical (unpaired) electrons. The maximum absolute atomic E-state index is 12.0. The van der Waals surface area contributed by atoms with Crippen LogP contribution < -0.4 is 10.6 Å². The zero-order chi connectivity index (χ0) is 15.9. The first-order valence-corrected chi connectivity index (χ1v) is 8.21. The molecule has 6 nitrogen and oxygen atoms in total. The van der Waals surface area contributed by atoms with Crippen molar-refractivity contribution in [1.82, 2.24) is 25.3 Å². The summed E-state index contributed by atoms with van der Waals surface area (Å²) in [5, 5.41) is 14.2. The minimum Gasteiger partial charge on any atom is -0.336 e. The highest BCUT2D eigenvalue weighted by molar-refractivity contribution is 7.07. The Kier molecular flexibility index (Phi) is 5.97. The Morgan fingerprint density at radius 3 is 2.91 bits per heavy atom. The van der Waals surface area contributed by atoms with E-state index in [2.05, 4.69) is 37.5 Å². The van der Waals surface area contributed by atoms with Gasteiger partial charge < -0.3 is 15.5 Å². The van der Waals surface area contributed by atoms with Crippen molar-refractivity contribution in [3.8, 4) is 0 Å². The zero-order valence-corrected chi connectivity index (χ0v) is 14.0. The smallest absolute Gasteiger partial charge is 0.315 e. The summed E-state index contributed by atoms with van der Waals surface area (Å²) in [7, 11) is 4.03. The van der Waals surface area contributed by atoms with Crippen LogP contribution in [0.25, 0.3) is 0 Å². The molecule has 2 heterocycles. The number of carbonyl (C=O) groups is 1. The molecule has 0 unspecified atom stereocenters. The second-order valence-electron chi connectivity index (χ2n) is 5.52. The predicted molar refractivity (Wildman–Crippen MR) is 89.0 cm³/mol. The molecule has 2 aromatic heterocycles. The summed E-state index contributed by atoms with van der Waals surface area (Å²) < 4.78 is 1.80. The molecule has 22 heavy (non-hydrogen) atoms. The average molecular weight is 321 g/mol. The Morgan fingerprint density at radius 2 is 2.32 bits per heavy atom. The molecule has 120 valence electrons. The van der Waals surface area contributed by atoms with Gasteiger partial charge in [0.25, 0.3) is 0 Å². The molecule has 0 aliphatic carbocycles. The van der Waals surface area contributed by atoms with Gasteiger partial charge in [-0.3, -0.25) is 4.68 Å². The number of carbonyl (C=O) groups excluding carboxylic acids is 1. The maximum Gasteiger partial charge on any atom is 0.315 e. The van der Waals surface area contributed by atoms with Crippen molar-refractivity contribution in [3.63, 3.8) is 0 Å². The van der Waals surface area contributed by atoms with E-state index >= 15 is 0 Å². The summed E-state index contributed by atoms with van der Waals surface area (Å²) in [6.45, 7) is 3.19. The van der Waals surface area contributed by atoms with Crippen LogP contribution in [0.2, 0.25) is 0 Å². The van der Waals surface area contributed by atoms with Gasteiger partial charge in [-0.25, -0.2) is 4.79 Å². The van der Waals surface area contributed by atoms with Gasteiger partial charge in [-0.15, -0.1) is 0 Å². The highest BCUT2D eigenvalue weighted by Crippen LogP contribution is 2.19. The number of nitrogens with one attached hydrogen (secondary N) is 2. The number of thiophene rings is 1. The molecule has 0 saturated heterocycles. The fourth-order valence-electron chi connectivity index (χ4n) is 2.26. The third-order valence-electron chi connectivity index (χ3n) is 3.40.